The Balaban J connectivity index is 0. The summed E-state index contributed by atoms with van der Waals surface area (Å²) >= 11 is 5.28. The van der Waals surface area contributed by atoms with Crippen LogP contribution in [0.4, 0.5) is 0 Å². The number of ether oxygens (including phenoxy) is 4. The number of esters is 4. The fourth-order valence-corrected chi connectivity index (χ4v) is 3.41. The molecule has 0 atom stereocenters. The molecule has 0 rings (SSSR count). The molecule has 0 spiro atoms. The van der Waals surface area contributed by atoms with Gasteiger partial charge in [0.05, 0.1) is 26.4 Å². The Hall–Kier alpha value is -3.21. The topological polar surface area (TPSA) is 160 Å². The maximum atomic E-state index is 12.1. The molecule has 216 valence electrons. The lowest BCUT2D eigenvalue weighted by Crippen LogP contribution is -2.42. The van der Waals surface area contributed by atoms with E-state index in [1.165, 1.54) is 12.2 Å². The monoisotopic (exact) mass is 562 g/mol. The Bertz CT molecular complexity index is 731. The summed E-state index contributed by atoms with van der Waals surface area (Å²) in [5.41, 5.74) is -3.16. The molecule has 38 heavy (non-hydrogen) atoms. The van der Waals surface area contributed by atoms with E-state index < -0.39 is 45.9 Å². The number of carbonyl (C=O) groups excluding carboxylic acids is 5. The molecule has 0 heterocycles. The second-order valence-corrected chi connectivity index (χ2v) is 8.20. The number of rotatable bonds is 18. The van der Waals surface area contributed by atoms with E-state index in [2.05, 4.69) is 13.2 Å². The van der Waals surface area contributed by atoms with Crippen LogP contribution in [0.2, 0.25) is 0 Å². The van der Waals surface area contributed by atoms with Crippen LogP contribution >= 0.6 is 11.6 Å². The van der Waals surface area contributed by atoms with Crippen LogP contribution in [0.5, 0.6) is 0 Å². The molecule has 0 aliphatic rings. The van der Waals surface area contributed by atoms with Gasteiger partial charge < -0.3 is 24.1 Å². The van der Waals surface area contributed by atoms with Gasteiger partial charge in [0.15, 0.2) is 10.8 Å². The molecule has 0 fully saturated rings. The number of allylic oxidation sites excluding steroid dienone is 2. The smallest absolute Gasteiger partial charge is 0.323 e. The van der Waals surface area contributed by atoms with Gasteiger partial charge in [0.25, 0.3) is 0 Å². The largest absolute Gasteiger partial charge is 0.481 e. The van der Waals surface area contributed by atoms with Crippen molar-refractivity contribution in [3.8, 4) is 0 Å². The zero-order chi connectivity index (χ0) is 29.8. The predicted octanol–water partition coefficient (Wildman–Crippen LogP) is 3.76. The van der Waals surface area contributed by atoms with Crippen molar-refractivity contribution in [2.24, 2.45) is 10.8 Å². The molecule has 0 aromatic carbocycles. The van der Waals surface area contributed by atoms with E-state index in [9.17, 15) is 28.8 Å². The molecule has 0 aromatic rings. The number of hydrogen-bond donors (Lipinski definition) is 1. The molecular weight excluding hydrogens is 524 g/mol. The van der Waals surface area contributed by atoms with Gasteiger partial charge >= 0.3 is 29.8 Å². The van der Waals surface area contributed by atoms with Crippen molar-refractivity contribution in [2.45, 2.75) is 66.2 Å². The van der Waals surface area contributed by atoms with Crippen LogP contribution in [0.1, 0.15) is 66.2 Å². The van der Waals surface area contributed by atoms with E-state index >= 15 is 0 Å². The lowest BCUT2D eigenvalue weighted by molar-refractivity contribution is -0.174. The molecular formula is C26H39ClO11. The average Bonchev–Trinajstić information content (AvgIpc) is 2.85. The van der Waals surface area contributed by atoms with Crippen molar-refractivity contribution in [1.82, 2.24) is 0 Å². The minimum atomic E-state index is -1.62. The van der Waals surface area contributed by atoms with E-state index in [0.717, 1.165) is 0 Å². The van der Waals surface area contributed by atoms with Crippen molar-refractivity contribution in [3.63, 3.8) is 0 Å². The highest BCUT2D eigenvalue weighted by atomic mass is 35.5. The number of halogens is 1. The third-order valence-electron chi connectivity index (χ3n) is 5.16. The summed E-state index contributed by atoms with van der Waals surface area (Å²) in [6.07, 6.45) is 2.15. The van der Waals surface area contributed by atoms with Crippen molar-refractivity contribution < 1.29 is 52.8 Å². The zero-order valence-electron chi connectivity index (χ0n) is 22.5. The molecule has 0 radical (unpaired) electrons. The van der Waals surface area contributed by atoms with Crippen LogP contribution in [0.15, 0.2) is 25.3 Å². The van der Waals surface area contributed by atoms with Gasteiger partial charge in [-0.25, -0.2) is 0 Å². The summed E-state index contributed by atoms with van der Waals surface area (Å²) in [6, 6.07) is 0. The summed E-state index contributed by atoms with van der Waals surface area (Å²) in [5, 5.41) is 8.12. The SMILES string of the molecule is C=CCC(CCC(=O)Cl)(C(=O)OCC)C(=O)OCC.C=CCC(CCC(=O)O)(C(=O)OCC)C(=O)OCC. The summed E-state index contributed by atoms with van der Waals surface area (Å²) in [6.45, 7) is 14.0. The Morgan fingerprint density at radius 2 is 0.947 bits per heavy atom. The summed E-state index contributed by atoms with van der Waals surface area (Å²) in [7, 11) is 0. The van der Waals surface area contributed by atoms with E-state index in [1.807, 2.05) is 0 Å². The predicted molar refractivity (Wildman–Crippen MR) is 138 cm³/mol. The normalized spacial score (nSPS) is 10.7. The van der Waals surface area contributed by atoms with Gasteiger partial charge in [-0.05, 0) is 65.0 Å². The fraction of sp³-hybridized carbons (Fsp3) is 0.615. The Labute approximate surface area is 228 Å². The molecule has 0 saturated carbocycles. The summed E-state index contributed by atoms with van der Waals surface area (Å²) < 4.78 is 19.6. The second kappa shape index (κ2) is 19.8. The lowest BCUT2D eigenvalue weighted by atomic mass is 9.80. The van der Waals surface area contributed by atoms with Crippen molar-refractivity contribution >= 4 is 46.7 Å². The van der Waals surface area contributed by atoms with E-state index in [0.29, 0.717) is 0 Å². The first kappa shape index (κ1) is 36.9. The minimum absolute atomic E-state index is 0.0159. The number of aliphatic carboxylic acids is 1. The second-order valence-electron chi connectivity index (χ2n) is 7.78. The fourth-order valence-electron chi connectivity index (χ4n) is 3.31. The summed E-state index contributed by atoms with van der Waals surface area (Å²) in [4.78, 5) is 69.7. The highest BCUT2D eigenvalue weighted by molar-refractivity contribution is 6.63. The maximum Gasteiger partial charge on any atom is 0.323 e. The van der Waals surface area contributed by atoms with Crippen LogP contribution < -0.4 is 0 Å². The quantitative estimate of drug-likeness (QED) is 0.0851. The molecule has 0 amide bonds. The van der Waals surface area contributed by atoms with Gasteiger partial charge in [0.1, 0.15) is 0 Å². The number of carbonyl (C=O) groups is 6. The Morgan fingerprint density at radius 1 is 0.658 bits per heavy atom. The average molecular weight is 563 g/mol. The zero-order valence-corrected chi connectivity index (χ0v) is 23.3. The molecule has 0 aliphatic heterocycles. The van der Waals surface area contributed by atoms with Gasteiger partial charge in [-0.15, -0.1) is 13.2 Å². The van der Waals surface area contributed by atoms with Crippen LogP contribution in [0, 0.1) is 10.8 Å². The first-order valence-electron chi connectivity index (χ1n) is 12.2. The molecule has 1 N–H and O–H groups in total. The number of hydrogen-bond acceptors (Lipinski definition) is 10. The molecule has 0 saturated heterocycles. The van der Waals surface area contributed by atoms with Crippen LogP contribution in [-0.4, -0.2) is 66.6 Å². The van der Waals surface area contributed by atoms with Crippen molar-refractivity contribution in [1.29, 1.82) is 0 Å². The molecule has 12 heteroatoms. The third kappa shape index (κ3) is 11.9. The van der Waals surface area contributed by atoms with Gasteiger partial charge in [-0.3, -0.25) is 28.8 Å². The standard InChI is InChI=1S/C13H19ClO5.C13H20O6/c2*1-4-8-13(9-7-10(14)15,11(16)18-5-2)12(17)19-6-3/h4H,1,5-9H2,2-3H3;4H,1,5-9H2,2-3H3,(H,14,15). The molecule has 0 unspecified atom stereocenters. The highest BCUT2D eigenvalue weighted by Gasteiger charge is 2.48. The Morgan fingerprint density at radius 3 is 1.16 bits per heavy atom. The van der Waals surface area contributed by atoms with E-state index in [4.69, 9.17) is 35.7 Å². The van der Waals surface area contributed by atoms with Crippen molar-refractivity contribution in [2.75, 3.05) is 26.4 Å². The van der Waals surface area contributed by atoms with Crippen LogP contribution in [-0.2, 0) is 47.7 Å². The number of carboxylic acids is 1. The van der Waals surface area contributed by atoms with Crippen LogP contribution in [0.25, 0.3) is 0 Å². The maximum absolute atomic E-state index is 12.1. The van der Waals surface area contributed by atoms with Gasteiger partial charge in [0, 0.05) is 12.8 Å². The van der Waals surface area contributed by atoms with E-state index in [1.54, 1.807) is 27.7 Å². The van der Waals surface area contributed by atoms with E-state index in [-0.39, 0.29) is 65.0 Å². The lowest BCUT2D eigenvalue weighted by Gasteiger charge is -2.27. The first-order chi connectivity index (χ1) is 17.9. The summed E-state index contributed by atoms with van der Waals surface area (Å²) in [5.74, 6) is -4.07. The first-order valence-corrected chi connectivity index (χ1v) is 12.6. The van der Waals surface area contributed by atoms with Crippen LogP contribution in [0.3, 0.4) is 0 Å². The van der Waals surface area contributed by atoms with Gasteiger partial charge in [-0.1, -0.05) is 12.2 Å². The molecule has 0 bridgehead atoms. The van der Waals surface area contributed by atoms with Gasteiger partial charge in [0.2, 0.25) is 5.24 Å². The third-order valence-corrected chi connectivity index (χ3v) is 5.35. The molecule has 11 nitrogen and oxygen atoms in total. The number of carboxylic acid groups (broad SMARTS) is 1. The van der Waals surface area contributed by atoms with Crippen molar-refractivity contribution in [3.05, 3.63) is 25.3 Å². The highest BCUT2D eigenvalue weighted by Crippen LogP contribution is 2.34. The minimum Gasteiger partial charge on any atom is -0.481 e. The molecule has 0 aliphatic carbocycles. The van der Waals surface area contributed by atoms with Gasteiger partial charge in [-0.2, -0.15) is 0 Å². The molecule has 0 aromatic heterocycles. The Kier molecular flexibility index (Phi) is 19.3.